The summed E-state index contributed by atoms with van der Waals surface area (Å²) in [6.07, 6.45) is 2.18. The summed E-state index contributed by atoms with van der Waals surface area (Å²) in [6.45, 7) is 1.88. The summed E-state index contributed by atoms with van der Waals surface area (Å²) in [4.78, 5) is 1.39. The lowest BCUT2D eigenvalue weighted by atomic mass is 10.1. The molecule has 0 radical (unpaired) electrons. The third kappa shape index (κ3) is 2.07. The Hall–Kier alpha value is -1.58. The normalized spacial score (nSPS) is 11.2. The van der Waals surface area contributed by atoms with Crippen molar-refractivity contribution < 1.29 is 0 Å². The van der Waals surface area contributed by atoms with Crippen LogP contribution in [0.4, 0.5) is 0 Å². The van der Waals surface area contributed by atoms with E-state index in [-0.39, 0.29) is 0 Å². The van der Waals surface area contributed by atoms with Crippen molar-refractivity contribution in [3.63, 3.8) is 0 Å². The summed E-state index contributed by atoms with van der Waals surface area (Å²) < 4.78 is 2.32. The Morgan fingerprint density at radius 1 is 1.17 bits per heavy atom. The van der Waals surface area contributed by atoms with Crippen LogP contribution in [-0.2, 0) is 13.1 Å². The molecule has 0 fully saturated rings. The van der Waals surface area contributed by atoms with Gasteiger partial charge >= 0.3 is 0 Å². The van der Waals surface area contributed by atoms with E-state index in [1.54, 1.807) is 0 Å². The van der Waals surface area contributed by atoms with Gasteiger partial charge in [0.15, 0.2) is 0 Å². The van der Waals surface area contributed by atoms with E-state index in [1.807, 2.05) is 18.4 Å². The number of benzene rings is 1. The number of hydrogen-bond donors (Lipinski definition) is 1. The molecule has 2 aromatic heterocycles. The monoisotopic (exact) mass is 256 g/mol. The molecule has 0 aliphatic heterocycles. The van der Waals surface area contributed by atoms with E-state index >= 15 is 0 Å². The predicted molar refractivity (Wildman–Crippen MR) is 78.1 cm³/mol. The number of fused-ring (bicyclic) bond motifs is 1. The fraction of sp³-hybridized carbons (Fsp3) is 0.200. The zero-order chi connectivity index (χ0) is 12.4. The molecule has 0 saturated heterocycles. The van der Waals surface area contributed by atoms with E-state index in [9.17, 15) is 0 Å². The highest BCUT2D eigenvalue weighted by atomic mass is 32.1. The predicted octanol–water partition coefficient (Wildman–Crippen LogP) is 3.47. The lowest BCUT2D eigenvalue weighted by Crippen LogP contribution is -2.05. The molecule has 0 amide bonds. The van der Waals surface area contributed by atoms with E-state index in [2.05, 4.69) is 57.9 Å². The van der Waals surface area contributed by atoms with Crippen LogP contribution >= 0.6 is 11.3 Å². The first-order valence-electron chi connectivity index (χ1n) is 6.12. The summed E-state index contributed by atoms with van der Waals surface area (Å²) in [5.41, 5.74) is 2.68. The molecule has 18 heavy (non-hydrogen) atoms. The first-order valence-corrected chi connectivity index (χ1v) is 7.00. The summed E-state index contributed by atoms with van der Waals surface area (Å²) in [5.74, 6) is 0. The molecule has 92 valence electrons. The van der Waals surface area contributed by atoms with Crippen molar-refractivity contribution in [2.24, 2.45) is 0 Å². The van der Waals surface area contributed by atoms with Gasteiger partial charge in [-0.2, -0.15) is 0 Å². The van der Waals surface area contributed by atoms with Gasteiger partial charge < -0.3 is 9.88 Å². The van der Waals surface area contributed by atoms with E-state index in [4.69, 9.17) is 0 Å². The fourth-order valence-electron chi connectivity index (χ4n) is 2.34. The molecule has 2 nitrogen and oxygen atoms in total. The third-order valence-electron chi connectivity index (χ3n) is 3.18. The summed E-state index contributed by atoms with van der Waals surface area (Å²) in [5, 5.41) is 6.71. The van der Waals surface area contributed by atoms with Gasteiger partial charge in [0, 0.05) is 28.5 Å². The Kier molecular flexibility index (Phi) is 3.17. The van der Waals surface area contributed by atoms with Gasteiger partial charge in [-0.15, -0.1) is 11.3 Å². The molecule has 0 aliphatic carbocycles. The second-order valence-corrected chi connectivity index (χ2v) is 5.44. The number of hydrogen-bond acceptors (Lipinski definition) is 2. The zero-order valence-electron chi connectivity index (χ0n) is 10.4. The topological polar surface area (TPSA) is 17.0 Å². The van der Waals surface area contributed by atoms with Crippen molar-refractivity contribution >= 4 is 22.2 Å². The average molecular weight is 256 g/mol. The lowest BCUT2D eigenvalue weighted by molar-refractivity contribution is 0.822. The van der Waals surface area contributed by atoms with Crippen LogP contribution in [-0.4, -0.2) is 11.6 Å². The van der Waals surface area contributed by atoms with E-state index in [0.717, 1.165) is 13.1 Å². The fourth-order valence-corrected chi connectivity index (χ4v) is 3.04. The molecule has 0 bridgehead atoms. The number of rotatable bonds is 4. The number of nitrogens with one attached hydrogen (secondary N) is 1. The minimum Gasteiger partial charge on any atom is -0.342 e. The van der Waals surface area contributed by atoms with Gasteiger partial charge in [-0.05, 0) is 36.2 Å². The van der Waals surface area contributed by atoms with Crippen molar-refractivity contribution in [3.8, 4) is 0 Å². The second-order valence-electron chi connectivity index (χ2n) is 4.40. The standard InChI is InChI=1S/C15H16N2S/c1-16-10-12-4-2-6-15-14(12)7-8-17(15)11-13-5-3-9-18-13/h2-9,16H,10-11H2,1H3. The van der Waals surface area contributed by atoms with Gasteiger partial charge in [-0.25, -0.2) is 0 Å². The molecule has 3 rings (SSSR count). The third-order valence-corrected chi connectivity index (χ3v) is 4.04. The lowest BCUT2D eigenvalue weighted by Gasteiger charge is -2.06. The highest BCUT2D eigenvalue weighted by molar-refractivity contribution is 7.09. The van der Waals surface area contributed by atoms with Crippen molar-refractivity contribution in [1.29, 1.82) is 0 Å². The molecule has 1 N–H and O–H groups in total. The van der Waals surface area contributed by atoms with Crippen LogP contribution in [0, 0.1) is 0 Å². The molecular weight excluding hydrogens is 240 g/mol. The van der Waals surface area contributed by atoms with Crippen LogP contribution < -0.4 is 5.32 Å². The van der Waals surface area contributed by atoms with Crippen LogP contribution in [0.1, 0.15) is 10.4 Å². The van der Waals surface area contributed by atoms with Crippen LogP contribution in [0.25, 0.3) is 10.9 Å². The Morgan fingerprint density at radius 2 is 2.11 bits per heavy atom. The molecule has 0 unspecified atom stereocenters. The first kappa shape index (κ1) is 11.5. The first-order chi connectivity index (χ1) is 8.88. The SMILES string of the molecule is CNCc1cccc2c1ccn2Cc1cccs1. The Bertz CT molecular complexity index is 638. The Morgan fingerprint density at radius 3 is 2.89 bits per heavy atom. The quantitative estimate of drug-likeness (QED) is 0.756. The summed E-state index contributed by atoms with van der Waals surface area (Å²) in [6, 6.07) is 13.0. The minimum absolute atomic E-state index is 0.917. The molecule has 0 aliphatic rings. The van der Waals surface area contributed by atoms with Crippen LogP contribution in [0.5, 0.6) is 0 Å². The Balaban J connectivity index is 2.01. The van der Waals surface area contributed by atoms with Crippen molar-refractivity contribution in [2.45, 2.75) is 13.1 Å². The van der Waals surface area contributed by atoms with Crippen LogP contribution in [0.15, 0.2) is 48.0 Å². The van der Waals surface area contributed by atoms with Crippen LogP contribution in [0.2, 0.25) is 0 Å². The van der Waals surface area contributed by atoms with E-state index in [1.165, 1.54) is 21.3 Å². The average Bonchev–Trinajstić information content (AvgIpc) is 3.01. The molecule has 0 atom stereocenters. The number of thiophene rings is 1. The van der Waals surface area contributed by atoms with Crippen LogP contribution in [0.3, 0.4) is 0 Å². The van der Waals surface area contributed by atoms with Crippen molar-refractivity contribution in [1.82, 2.24) is 9.88 Å². The smallest absolute Gasteiger partial charge is 0.0569 e. The molecule has 0 saturated carbocycles. The summed E-state index contributed by atoms with van der Waals surface area (Å²) in [7, 11) is 1.99. The maximum Gasteiger partial charge on any atom is 0.0569 e. The number of nitrogens with zero attached hydrogens (tertiary/aromatic N) is 1. The van der Waals surface area contributed by atoms with Gasteiger partial charge in [0.25, 0.3) is 0 Å². The largest absolute Gasteiger partial charge is 0.342 e. The van der Waals surface area contributed by atoms with Gasteiger partial charge in [-0.1, -0.05) is 18.2 Å². The molecule has 3 aromatic rings. The van der Waals surface area contributed by atoms with E-state index < -0.39 is 0 Å². The van der Waals surface area contributed by atoms with Gasteiger partial charge in [0.05, 0.1) is 6.54 Å². The highest BCUT2D eigenvalue weighted by Gasteiger charge is 2.05. The maximum absolute atomic E-state index is 3.22. The Labute approximate surface area is 111 Å². The zero-order valence-corrected chi connectivity index (χ0v) is 11.2. The van der Waals surface area contributed by atoms with Gasteiger partial charge in [0.2, 0.25) is 0 Å². The van der Waals surface area contributed by atoms with Crippen molar-refractivity contribution in [2.75, 3.05) is 7.05 Å². The molecule has 3 heteroatoms. The molecule has 2 heterocycles. The molecule has 0 spiro atoms. The summed E-state index contributed by atoms with van der Waals surface area (Å²) >= 11 is 1.81. The second kappa shape index (κ2) is 4.96. The van der Waals surface area contributed by atoms with Gasteiger partial charge in [0.1, 0.15) is 0 Å². The maximum atomic E-state index is 3.22. The van der Waals surface area contributed by atoms with E-state index in [0.29, 0.717) is 0 Å². The van der Waals surface area contributed by atoms with Crippen molar-refractivity contribution in [3.05, 3.63) is 58.4 Å². The number of aromatic nitrogens is 1. The molecular formula is C15H16N2S. The highest BCUT2D eigenvalue weighted by Crippen LogP contribution is 2.22. The molecule has 1 aromatic carbocycles. The van der Waals surface area contributed by atoms with Gasteiger partial charge in [-0.3, -0.25) is 0 Å². The minimum atomic E-state index is 0.917.